The number of carbonyl (C=O) groups is 2. The van der Waals surface area contributed by atoms with Gasteiger partial charge < -0.3 is 54.6 Å². The molecule has 0 bridgehead atoms. The van der Waals surface area contributed by atoms with Gasteiger partial charge >= 0.3 is 23.5 Å². The SMILES string of the molecule is CCN1c2cc3c(cc2C(C)CC1(C)C)C(c1ccccc1C(=O)N(C)CCCC(=O)NCCCCCCNc1ncnc2c1ncn2[C@H]1C[C@H](O)[C@@H](COP(=O)(O)OP(=O)(O)OP(=O)(O)O)O1)=c1cc2c(cc1O3)=[N+](CC)C(C)(C)CC2C. The van der Waals surface area contributed by atoms with E-state index in [0.717, 1.165) is 85.0 Å². The lowest BCUT2D eigenvalue weighted by atomic mass is 9.77. The van der Waals surface area contributed by atoms with Gasteiger partial charge in [-0.3, -0.25) is 18.7 Å². The first kappa shape index (κ1) is 63.1. The number of fused-ring (bicyclic) bond motifs is 5. The van der Waals surface area contributed by atoms with Crippen LogP contribution in [0.3, 0.4) is 0 Å². The van der Waals surface area contributed by atoms with E-state index in [0.29, 0.717) is 60.4 Å². The molecule has 84 heavy (non-hydrogen) atoms. The van der Waals surface area contributed by atoms with E-state index in [9.17, 15) is 38.2 Å². The molecule has 3 aromatic carbocycles. The zero-order chi connectivity index (χ0) is 60.7. The number of aliphatic hydroxyl groups is 1. The molecule has 456 valence electrons. The highest BCUT2D eigenvalue weighted by molar-refractivity contribution is 7.66. The van der Waals surface area contributed by atoms with Crippen LogP contribution in [0.5, 0.6) is 11.5 Å². The monoisotopic (exact) mass is 1220 g/mol. The van der Waals surface area contributed by atoms with Gasteiger partial charge in [0.1, 0.15) is 36.7 Å². The number of aromatic nitrogens is 4. The highest BCUT2D eigenvalue weighted by Crippen LogP contribution is 2.66. The number of nitrogens with zero attached hydrogens (tertiary/aromatic N) is 7. The van der Waals surface area contributed by atoms with Crippen LogP contribution in [0.25, 0.3) is 16.7 Å². The first-order valence-electron chi connectivity index (χ1n) is 28.7. The van der Waals surface area contributed by atoms with Crippen LogP contribution in [0.1, 0.15) is 164 Å². The first-order valence-corrected chi connectivity index (χ1v) is 33.2. The molecule has 1 fully saturated rings. The van der Waals surface area contributed by atoms with Gasteiger partial charge in [0.2, 0.25) is 11.3 Å². The van der Waals surface area contributed by atoms with Crippen LogP contribution in [0.2, 0.25) is 0 Å². The molecule has 1 saturated heterocycles. The number of amides is 2. The van der Waals surface area contributed by atoms with Gasteiger partial charge in [0.15, 0.2) is 22.5 Å². The predicted octanol–water partition coefficient (Wildman–Crippen LogP) is 7.72. The fourth-order valence-electron chi connectivity index (χ4n) is 12.8. The van der Waals surface area contributed by atoms with E-state index < -0.39 is 48.5 Å². The zero-order valence-corrected chi connectivity index (χ0v) is 51.7. The van der Waals surface area contributed by atoms with Crippen molar-refractivity contribution >= 4 is 63.5 Å². The minimum Gasteiger partial charge on any atom is -0.456 e. The lowest BCUT2D eigenvalue weighted by Gasteiger charge is -2.47. The summed E-state index contributed by atoms with van der Waals surface area (Å²) < 4.78 is 63.8. The molecule has 7 atom stereocenters. The molecule has 0 radical (unpaired) electrons. The van der Waals surface area contributed by atoms with Crippen molar-refractivity contribution in [3.8, 4) is 11.5 Å². The molecular formula is C57H79N9O15P3+. The molecule has 2 amide bonds. The molecule has 27 heteroatoms. The summed E-state index contributed by atoms with van der Waals surface area (Å²) in [6, 6.07) is 17.0. The summed E-state index contributed by atoms with van der Waals surface area (Å²) in [5.41, 5.74) is 7.88. The Morgan fingerprint density at radius 3 is 2.31 bits per heavy atom. The van der Waals surface area contributed by atoms with Crippen LogP contribution in [0, 0.1) is 0 Å². The summed E-state index contributed by atoms with van der Waals surface area (Å²) in [6.07, 6.45) is 5.47. The highest BCUT2D eigenvalue weighted by atomic mass is 31.3. The number of benzene rings is 3. The second kappa shape index (κ2) is 25.1. The van der Waals surface area contributed by atoms with Gasteiger partial charge in [-0.05, 0) is 108 Å². The summed E-state index contributed by atoms with van der Waals surface area (Å²) in [5, 5.41) is 19.1. The molecule has 24 nitrogen and oxygen atoms in total. The molecule has 4 aliphatic rings. The smallest absolute Gasteiger partial charge is 0.456 e. The van der Waals surface area contributed by atoms with E-state index in [-0.39, 0.29) is 35.7 Å². The van der Waals surface area contributed by atoms with E-state index in [1.54, 1.807) is 11.9 Å². The number of rotatable bonds is 24. The quantitative estimate of drug-likeness (QED) is 0.0173. The van der Waals surface area contributed by atoms with E-state index >= 15 is 0 Å². The van der Waals surface area contributed by atoms with Crippen LogP contribution in [-0.2, 0) is 36.4 Å². The number of nitrogens with one attached hydrogen (secondary N) is 2. The number of carbonyl (C=O) groups excluding carboxylic acids is 2. The highest BCUT2D eigenvalue weighted by Gasteiger charge is 2.44. The minimum atomic E-state index is -5.72. The van der Waals surface area contributed by atoms with E-state index in [1.165, 1.54) is 39.4 Å². The molecule has 6 heterocycles. The number of unbranched alkanes of at least 4 members (excludes halogenated alkanes) is 3. The van der Waals surface area contributed by atoms with E-state index in [4.69, 9.17) is 19.3 Å². The third-order valence-corrected chi connectivity index (χ3v) is 20.2. The second-order valence-corrected chi connectivity index (χ2v) is 28.0. The number of phosphoric ester groups is 1. The molecule has 4 unspecified atom stereocenters. The average molecular weight is 1220 g/mol. The number of phosphoric acid groups is 3. The Bertz CT molecular complexity index is 3590. The Labute approximate surface area is 488 Å². The molecule has 0 saturated carbocycles. The van der Waals surface area contributed by atoms with Crippen LogP contribution >= 0.6 is 23.5 Å². The molecule has 2 aromatic heterocycles. The van der Waals surface area contributed by atoms with Crippen LogP contribution in [-0.4, -0.2) is 131 Å². The van der Waals surface area contributed by atoms with Gasteiger partial charge in [-0.15, -0.1) is 0 Å². The number of hydrogen-bond donors (Lipinski definition) is 7. The van der Waals surface area contributed by atoms with E-state index in [2.05, 4.69) is 134 Å². The van der Waals surface area contributed by atoms with Crippen LogP contribution in [0.4, 0.5) is 11.5 Å². The Kier molecular flexibility index (Phi) is 18.8. The van der Waals surface area contributed by atoms with Gasteiger partial charge in [0.25, 0.3) is 5.91 Å². The van der Waals surface area contributed by atoms with Crippen molar-refractivity contribution in [2.75, 3.05) is 56.6 Å². The van der Waals surface area contributed by atoms with Crippen molar-refractivity contribution in [3.05, 3.63) is 99.6 Å². The molecule has 0 spiro atoms. The third kappa shape index (κ3) is 13.9. The van der Waals surface area contributed by atoms with Gasteiger partial charge in [-0.1, -0.05) is 44.9 Å². The van der Waals surface area contributed by atoms with Crippen molar-refractivity contribution in [3.63, 3.8) is 0 Å². The molecule has 4 aliphatic heterocycles. The summed E-state index contributed by atoms with van der Waals surface area (Å²) in [7, 11) is -14.9. The zero-order valence-electron chi connectivity index (χ0n) is 49.1. The Hall–Kier alpha value is -5.45. The maximum Gasteiger partial charge on any atom is 0.490 e. The van der Waals surface area contributed by atoms with Gasteiger partial charge in [-0.2, -0.15) is 8.62 Å². The predicted molar refractivity (Wildman–Crippen MR) is 315 cm³/mol. The summed E-state index contributed by atoms with van der Waals surface area (Å²) in [5.74, 6) is 2.45. The van der Waals surface area contributed by atoms with Crippen molar-refractivity contribution in [1.29, 1.82) is 0 Å². The summed E-state index contributed by atoms with van der Waals surface area (Å²) in [6.45, 7) is 20.7. The third-order valence-electron chi connectivity index (χ3n) is 16.4. The minimum absolute atomic E-state index is 0.0302. The lowest BCUT2D eigenvalue weighted by Crippen LogP contribution is -2.52. The number of anilines is 2. The molecular weight excluding hydrogens is 1140 g/mol. The number of imidazole rings is 1. The maximum absolute atomic E-state index is 14.7. The fraction of sp³-hybridized carbons (Fsp3) is 0.544. The fourth-order valence-corrected chi connectivity index (χ4v) is 15.9. The van der Waals surface area contributed by atoms with Crippen molar-refractivity contribution in [1.82, 2.24) is 34.3 Å². The number of ether oxygens (including phenoxy) is 2. The number of aliphatic hydroxyl groups excluding tert-OH is 1. The van der Waals surface area contributed by atoms with Crippen molar-refractivity contribution in [2.45, 2.75) is 155 Å². The van der Waals surface area contributed by atoms with Gasteiger partial charge in [0, 0.05) is 97.3 Å². The normalized spacial score (nSPS) is 22.0. The maximum atomic E-state index is 14.7. The van der Waals surface area contributed by atoms with Gasteiger partial charge in [0.05, 0.1) is 25.1 Å². The molecule has 7 N–H and O–H groups in total. The van der Waals surface area contributed by atoms with Crippen LogP contribution in [0.15, 0.2) is 61.2 Å². The largest absolute Gasteiger partial charge is 0.490 e. The lowest BCUT2D eigenvalue weighted by molar-refractivity contribution is -0.121. The molecule has 0 aliphatic carbocycles. The van der Waals surface area contributed by atoms with Gasteiger partial charge in [-0.25, -0.2) is 33.2 Å². The second-order valence-electron chi connectivity index (χ2n) is 23.5. The van der Waals surface area contributed by atoms with E-state index in [1.807, 2.05) is 18.2 Å². The Morgan fingerprint density at radius 2 is 1.58 bits per heavy atom. The van der Waals surface area contributed by atoms with Crippen molar-refractivity contribution < 1.29 is 70.6 Å². The van der Waals surface area contributed by atoms with Crippen LogP contribution < -0.4 is 35.4 Å². The topological polar surface area (TPSA) is 310 Å². The first-order chi connectivity index (χ1) is 39.6. The standard InChI is InChI=1S/C57H78N9O15P3/c1-10-65-43-27-46-41(25-39(43)35(3)30-56(65,5)6)51(42-26-40-36(4)31-57(7,8)66(11-2)44(40)28-47(42)78-46)37-19-14-15-20-38(37)55(69)63(9)24-18-21-49(68)58-22-16-12-13-17-23-59-53-52-54(61-33-60-53)64(34-62-52)50-29-45(67)48(79-50)32-77-83(73,74)81-84(75,76)80-82(70,71)72/h14-15,19-20,25-28,33-36,45,48,50,67H,10-13,16-18,21-24,29-32H2,1-9H3,(H5-,58,59,60,61,68,70,71,72,73,74,75,76)/p+1/t35?,36?,45-,48+,50+/m0/s1. The number of hydrogen-bond acceptors (Lipinski definition) is 16. The summed E-state index contributed by atoms with van der Waals surface area (Å²) in [4.78, 5) is 81.8. The average Bonchev–Trinajstić information content (AvgIpc) is 1.60. The van der Waals surface area contributed by atoms with Crippen molar-refractivity contribution in [2.24, 2.45) is 0 Å². The molecule has 5 aromatic rings. The molecule has 9 rings (SSSR count). The summed E-state index contributed by atoms with van der Waals surface area (Å²) >= 11 is 0. The Morgan fingerprint density at radius 1 is 0.857 bits per heavy atom. The Balaban J connectivity index is 0.769.